The van der Waals surface area contributed by atoms with Crippen LogP contribution < -0.4 is 10.2 Å². The van der Waals surface area contributed by atoms with E-state index in [1.165, 1.54) is 0 Å². The normalized spacial score (nSPS) is 11.0. The number of nitrogens with one attached hydrogen (secondary N) is 2. The average molecular weight is 307 g/mol. The van der Waals surface area contributed by atoms with Crippen LogP contribution in [-0.4, -0.2) is 23.7 Å². The van der Waals surface area contributed by atoms with Gasteiger partial charge in [0.05, 0.1) is 6.21 Å². The highest BCUT2D eigenvalue weighted by atomic mass is 16.5. The number of aromatic nitrogens is 1. The summed E-state index contributed by atoms with van der Waals surface area (Å²) in [5.41, 5.74) is 5.43. The number of amides is 1. The largest absolute Gasteiger partial charge is 0.483 e. The van der Waals surface area contributed by atoms with Crippen molar-refractivity contribution in [3.8, 4) is 5.75 Å². The molecule has 5 nitrogen and oxygen atoms in total. The van der Waals surface area contributed by atoms with Crippen LogP contribution in [0.15, 0.2) is 59.8 Å². The first kappa shape index (κ1) is 14.8. The summed E-state index contributed by atoms with van der Waals surface area (Å²) in [7, 11) is 0. The van der Waals surface area contributed by atoms with E-state index in [1.807, 2.05) is 61.7 Å². The van der Waals surface area contributed by atoms with Crippen molar-refractivity contribution < 1.29 is 9.53 Å². The maximum atomic E-state index is 11.8. The first-order valence-corrected chi connectivity index (χ1v) is 7.30. The SMILES string of the molecule is Cc1ccccc1OCC(=O)NN=Cc1cccc2[nH]ccc12. The second-order valence-corrected chi connectivity index (χ2v) is 5.13. The fourth-order valence-corrected chi connectivity index (χ4v) is 2.29. The van der Waals surface area contributed by atoms with Gasteiger partial charge in [-0.3, -0.25) is 4.79 Å². The summed E-state index contributed by atoms with van der Waals surface area (Å²) in [6.45, 7) is 1.86. The number of aryl methyl sites for hydroxylation is 1. The molecule has 2 aromatic carbocycles. The third-order valence-electron chi connectivity index (χ3n) is 3.47. The summed E-state index contributed by atoms with van der Waals surface area (Å²) in [5.74, 6) is 0.398. The van der Waals surface area contributed by atoms with Crippen molar-refractivity contribution >= 4 is 23.0 Å². The number of aromatic amines is 1. The van der Waals surface area contributed by atoms with Gasteiger partial charge in [0.2, 0.25) is 0 Å². The number of ether oxygens (including phenoxy) is 1. The molecule has 1 heterocycles. The molecule has 1 aromatic heterocycles. The van der Waals surface area contributed by atoms with Crippen LogP contribution in [0.2, 0.25) is 0 Å². The minimum absolute atomic E-state index is 0.0729. The zero-order valence-corrected chi connectivity index (χ0v) is 12.7. The third kappa shape index (κ3) is 3.58. The van der Waals surface area contributed by atoms with Gasteiger partial charge >= 0.3 is 0 Å². The number of benzene rings is 2. The van der Waals surface area contributed by atoms with E-state index in [4.69, 9.17) is 4.74 Å². The first-order valence-electron chi connectivity index (χ1n) is 7.30. The van der Waals surface area contributed by atoms with Crippen LogP contribution in [0.3, 0.4) is 0 Å². The Balaban J connectivity index is 1.57. The molecule has 1 amide bonds. The lowest BCUT2D eigenvalue weighted by Crippen LogP contribution is -2.24. The van der Waals surface area contributed by atoms with E-state index < -0.39 is 0 Å². The molecular weight excluding hydrogens is 290 g/mol. The van der Waals surface area contributed by atoms with E-state index in [1.54, 1.807) is 6.21 Å². The van der Waals surface area contributed by atoms with Crippen molar-refractivity contribution in [3.05, 3.63) is 65.9 Å². The molecule has 5 heteroatoms. The van der Waals surface area contributed by atoms with Gasteiger partial charge in [0.15, 0.2) is 6.61 Å². The smallest absolute Gasteiger partial charge is 0.277 e. The molecule has 0 atom stereocenters. The molecule has 0 saturated heterocycles. The van der Waals surface area contributed by atoms with Gasteiger partial charge in [-0.2, -0.15) is 5.10 Å². The Morgan fingerprint density at radius 1 is 1.22 bits per heavy atom. The molecule has 0 unspecified atom stereocenters. The topological polar surface area (TPSA) is 66.5 Å². The summed E-state index contributed by atoms with van der Waals surface area (Å²) in [6, 6.07) is 15.4. The highest BCUT2D eigenvalue weighted by Crippen LogP contribution is 2.16. The zero-order chi connectivity index (χ0) is 16.1. The minimum Gasteiger partial charge on any atom is -0.483 e. The number of H-pyrrole nitrogens is 1. The number of hydrazone groups is 1. The molecule has 3 rings (SSSR count). The van der Waals surface area contributed by atoms with Gasteiger partial charge in [0.1, 0.15) is 5.75 Å². The van der Waals surface area contributed by atoms with Crippen LogP contribution in [0.1, 0.15) is 11.1 Å². The number of hydrogen-bond acceptors (Lipinski definition) is 3. The van der Waals surface area contributed by atoms with E-state index in [2.05, 4.69) is 15.5 Å². The van der Waals surface area contributed by atoms with Gasteiger partial charge in [-0.05, 0) is 30.7 Å². The Morgan fingerprint density at radius 2 is 2.09 bits per heavy atom. The summed E-state index contributed by atoms with van der Waals surface area (Å²) in [4.78, 5) is 14.9. The minimum atomic E-state index is -0.300. The van der Waals surface area contributed by atoms with E-state index in [-0.39, 0.29) is 12.5 Å². The summed E-state index contributed by atoms with van der Waals surface area (Å²) >= 11 is 0. The summed E-state index contributed by atoms with van der Waals surface area (Å²) in [6.07, 6.45) is 3.50. The van der Waals surface area contributed by atoms with Crippen LogP contribution >= 0.6 is 0 Å². The molecular formula is C18H17N3O2. The van der Waals surface area contributed by atoms with Crippen LogP contribution in [-0.2, 0) is 4.79 Å². The molecule has 2 N–H and O–H groups in total. The Hall–Kier alpha value is -3.08. The Bertz CT molecular complexity index is 852. The molecule has 0 aliphatic rings. The van der Waals surface area contributed by atoms with Crippen molar-refractivity contribution in [1.82, 2.24) is 10.4 Å². The second kappa shape index (κ2) is 6.79. The van der Waals surface area contributed by atoms with Crippen molar-refractivity contribution in [2.24, 2.45) is 5.10 Å². The van der Waals surface area contributed by atoms with Crippen molar-refractivity contribution in [3.63, 3.8) is 0 Å². The number of para-hydroxylation sites is 1. The number of hydrogen-bond donors (Lipinski definition) is 2. The standard InChI is InChI=1S/C18H17N3O2/c1-13-5-2-3-8-17(13)23-12-18(22)21-20-11-14-6-4-7-16-15(14)9-10-19-16/h2-11,19H,12H2,1H3,(H,21,22). The predicted octanol–water partition coefficient (Wildman–Crippen LogP) is 3.01. The molecule has 116 valence electrons. The van der Waals surface area contributed by atoms with Crippen molar-refractivity contribution in [2.45, 2.75) is 6.92 Å². The van der Waals surface area contributed by atoms with Crippen LogP contribution in [0.25, 0.3) is 10.9 Å². The fraction of sp³-hybridized carbons (Fsp3) is 0.111. The summed E-state index contributed by atoms with van der Waals surface area (Å²) < 4.78 is 5.47. The van der Waals surface area contributed by atoms with Crippen LogP contribution in [0, 0.1) is 6.92 Å². The van der Waals surface area contributed by atoms with Gasteiger partial charge in [-0.15, -0.1) is 0 Å². The number of fused-ring (bicyclic) bond motifs is 1. The third-order valence-corrected chi connectivity index (χ3v) is 3.47. The number of carbonyl (C=O) groups excluding carboxylic acids is 1. The number of nitrogens with zero attached hydrogens (tertiary/aromatic N) is 1. The fourth-order valence-electron chi connectivity index (χ4n) is 2.29. The molecule has 0 radical (unpaired) electrons. The quantitative estimate of drug-likeness (QED) is 0.562. The second-order valence-electron chi connectivity index (χ2n) is 5.13. The highest BCUT2D eigenvalue weighted by Gasteiger charge is 2.03. The van der Waals surface area contributed by atoms with Crippen molar-refractivity contribution in [1.29, 1.82) is 0 Å². The zero-order valence-electron chi connectivity index (χ0n) is 12.7. The van der Waals surface area contributed by atoms with Gasteiger partial charge in [-0.25, -0.2) is 5.43 Å². The van der Waals surface area contributed by atoms with Crippen molar-refractivity contribution in [2.75, 3.05) is 6.61 Å². The lowest BCUT2D eigenvalue weighted by Gasteiger charge is -2.07. The molecule has 0 bridgehead atoms. The van der Waals surface area contributed by atoms with Crippen LogP contribution in [0.4, 0.5) is 0 Å². The van der Waals surface area contributed by atoms with E-state index in [9.17, 15) is 4.79 Å². The lowest BCUT2D eigenvalue weighted by atomic mass is 10.1. The number of rotatable bonds is 5. The molecule has 23 heavy (non-hydrogen) atoms. The molecule has 0 aliphatic heterocycles. The van der Waals surface area contributed by atoms with E-state index in [0.717, 1.165) is 22.0 Å². The molecule has 3 aromatic rings. The monoisotopic (exact) mass is 307 g/mol. The Kier molecular flexibility index (Phi) is 4.38. The maximum absolute atomic E-state index is 11.8. The molecule has 0 aliphatic carbocycles. The van der Waals surface area contributed by atoms with E-state index >= 15 is 0 Å². The number of carbonyl (C=O) groups is 1. The van der Waals surface area contributed by atoms with Crippen LogP contribution in [0.5, 0.6) is 5.75 Å². The average Bonchev–Trinajstić information content (AvgIpc) is 3.03. The van der Waals surface area contributed by atoms with Gasteiger partial charge in [0.25, 0.3) is 5.91 Å². The predicted molar refractivity (Wildman–Crippen MR) is 90.7 cm³/mol. The molecule has 0 spiro atoms. The molecule has 0 fully saturated rings. The van der Waals surface area contributed by atoms with Gasteiger partial charge in [0, 0.05) is 22.7 Å². The lowest BCUT2D eigenvalue weighted by molar-refractivity contribution is -0.123. The van der Waals surface area contributed by atoms with Gasteiger partial charge < -0.3 is 9.72 Å². The Labute approximate surface area is 134 Å². The molecule has 0 saturated carbocycles. The first-order chi connectivity index (χ1) is 11.2. The van der Waals surface area contributed by atoms with Gasteiger partial charge in [-0.1, -0.05) is 30.3 Å². The summed E-state index contributed by atoms with van der Waals surface area (Å²) in [5, 5.41) is 5.04. The maximum Gasteiger partial charge on any atom is 0.277 e. The Morgan fingerprint density at radius 3 is 2.96 bits per heavy atom. The highest BCUT2D eigenvalue weighted by molar-refractivity contribution is 5.98. The van der Waals surface area contributed by atoms with E-state index in [0.29, 0.717) is 5.75 Å².